The highest BCUT2D eigenvalue weighted by Crippen LogP contribution is 2.37. The van der Waals surface area contributed by atoms with Crippen molar-refractivity contribution in [2.45, 2.75) is 0 Å². The molecule has 0 N–H and O–H groups in total. The van der Waals surface area contributed by atoms with Gasteiger partial charge in [0.1, 0.15) is 5.01 Å². The number of aromatic nitrogens is 5. The predicted molar refractivity (Wildman–Crippen MR) is 100 cm³/mol. The highest BCUT2D eigenvalue weighted by molar-refractivity contribution is 9.10. The summed E-state index contributed by atoms with van der Waals surface area (Å²) in [7, 11) is 0. The van der Waals surface area contributed by atoms with E-state index in [9.17, 15) is 0 Å². The van der Waals surface area contributed by atoms with Gasteiger partial charge in [0, 0.05) is 33.0 Å². The van der Waals surface area contributed by atoms with E-state index in [1.807, 2.05) is 6.07 Å². The van der Waals surface area contributed by atoms with Crippen LogP contribution >= 0.6 is 62.1 Å². The van der Waals surface area contributed by atoms with Crippen molar-refractivity contribution in [2.24, 2.45) is 0 Å². The fourth-order valence-corrected chi connectivity index (χ4v) is 4.30. The maximum absolute atomic E-state index is 6.29. The minimum atomic E-state index is 0.350. The summed E-state index contributed by atoms with van der Waals surface area (Å²) in [4.78, 5) is 4.69. The molecule has 0 unspecified atom stereocenters. The molecule has 24 heavy (non-hydrogen) atoms. The summed E-state index contributed by atoms with van der Waals surface area (Å²) in [5.74, 6) is 0.479. The zero-order valence-electron chi connectivity index (χ0n) is 11.5. The van der Waals surface area contributed by atoms with Gasteiger partial charge in [-0.25, -0.2) is 0 Å². The molecule has 10 heteroatoms. The Bertz CT molecular complexity index is 1080. The lowest BCUT2D eigenvalue weighted by atomic mass is 10.2. The Morgan fingerprint density at radius 2 is 1.92 bits per heavy atom. The van der Waals surface area contributed by atoms with Gasteiger partial charge in [0.05, 0.1) is 10.0 Å². The molecule has 0 spiro atoms. The molecule has 0 bridgehead atoms. The molecule has 0 radical (unpaired) electrons. The first-order valence-corrected chi connectivity index (χ1v) is 9.26. The number of rotatable bonds is 2. The molecular formula is C14H5BrCl3N5S. The van der Waals surface area contributed by atoms with Crippen molar-refractivity contribution in [3.05, 3.63) is 50.1 Å². The summed E-state index contributed by atoms with van der Waals surface area (Å²) < 4.78 is 2.47. The van der Waals surface area contributed by atoms with E-state index >= 15 is 0 Å². The van der Waals surface area contributed by atoms with Gasteiger partial charge in [0.2, 0.25) is 4.96 Å². The van der Waals surface area contributed by atoms with Gasteiger partial charge in [-0.2, -0.15) is 9.61 Å². The van der Waals surface area contributed by atoms with Crippen molar-refractivity contribution in [3.8, 4) is 22.0 Å². The molecule has 0 atom stereocenters. The first-order chi connectivity index (χ1) is 11.5. The summed E-state index contributed by atoms with van der Waals surface area (Å²) in [6, 6.07) is 5.14. The van der Waals surface area contributed by atoms with Gasteiger partial charge in [0.25, 0.3) is 0 Å². The topological polar surface area (TPSA) is 56.0 Å². The average molecular weight is 462 g/mol. The zero-order valence-corrected chi connectivity index (χ0v) is 16.2. The van der Waals surface area contributed by atoms with E-state index in [2.05, 4.69) is 36.2 Å². The van der Waals surface area contributed by atoms with Gasteiger partial charge < -0.3 is 0 Å². The maximum Gasteiger partial charge on any atom is 0.235 e. The van der Waals surface area contributed by atoms with Crippen molar-refractivity contribution < 1.29 is 0 Å². The van der Waals surface area contributed by atoms with E-state index < -0.39 is 0 Å². The lowest BCUT2D eigenvalue weighted by Crippen LogP contribution is -1.93. The second-order valence-electron chi connectivity index (χ2n) is 4.73. The molecule has 4 aromatic rings. The molecule has 0 aliphatic heterocycles. The molecule has 0 amide bonds. The van der Waals surface area contributed by atoms with Gasteiger partial charge in [-0.15, -0.1) is 10.2 Å². The van der Waals surface area contributed by atoms with Gasteiger partial charge in [-0.05, 0) is 34.1 Å². The molecule has 0 saturated heterocycles. The van der Waals surface area contributed by atoms with Crippen LogP contribution in [0.5, 0.6) is 0 Å². The van der Waals surface area contributed by atoms with Crippen molar-refractivity contribution in [2.75, 3.05) is 0 Å². The van der Waals surface area contributed by atoms with Crippen LogP contribution in [-0.2, 0) is 0 Å². The van der Waals surface area contributed by atoms with E-state index in [-0.39, 0.29) is 0 Å². The smallest absolute Gasteiger partial charge is 0.235 e. The molecule has 120 valence electrons. The van der Waals surface area contributed by atoms with E-state index in [0.29, 0.717) is 31.4 Å². The molecule has 0 aliphatic carbocycles. The fourth-order valence-electron chi connectivity index (χ4n) is 2.16. The standard InChI is InChI=1S/C14H5BrCl3N5S/c15-9-5-19-2-1-7(9)13-22-23-12(20-21-14(23)24-13)8-3-6(16)4-10(17)11(8)18/h1-5H. The van der Waals surface area contributed by atoms with E-state index in [1.165, 1.54) is 11.3 Å². The number of pyridine rings is 1. The van der Waals surface area contributed by atoms with Crippen molar-refractivity contribution in [3.63, 3.8) is 0 Å². The second-order valence-corrected chi connectivity index (χ2v) is 7.76. The second kappa shape index (κ2) is 6.24. The lowest BCUT2D eigenvalue weighted by Gasteiger charge is -2.04. The molecule has 3 heterocycles. The lowest BCUT2D eigenvalue weighted by molar-refractivity contribution is 0.970. The average Bonchev–Trinajstić information content (AvgIpc) is 3.12. The van der Waals surface area contributed by atoms with Gasteiger partial charge in [-0.3, -0.25) is 4.98 Å². The third kappa shape index (κ3) is 2.70. The van der Waals surface area contributed by atoms with E-state index in [4.69, 9.17) is 34.8 Å². The Hall–Kier alpha value is -1.25. The van der Waals surface area contributed by atoms with Crippen LogP contribution in [0.2, 0.25) is 15.1 Å². The SMILES string of the molecule is Clc1cc(Cl)c(Cl)c(-c2nnc3sc(-c4ccncc4Br)nn23)c1. The van der Waals surface area contributed by atoms with Crippen molar-refractivity contribution >= 4 is 67.0 Å². The number of fused-ring (bicyclic) bond motifs is 1. The molecule has 0 fully saturated rings. The summed E-state index contributed by atoms with van der Waals surface area (Å²) in [5.41, 5.74) is 1.49. The molecule has 3 aromatic heterocycles. The minimum Gasteiger partial charge on any atom is -0.264 e. The highest BCUT2D eigenvalue weighted by Gasteiger charge is 2.19. The fraction of sp³-hybridized carbons (Fsp3) is 0. The summed E-state index contributed by atoms with van der Waals surface area (Å²) in [6.45, 7) is 0. The molecule has 5 nitrogen and oxygen atoms in total. The normalized spacial score (nSPS) is 11.3. The van der Waals surface area contributed by atoms with Crippen LogP contribution in [0.25, 0.3) is 26.9 Å². The molecular weight excluding hydrogens is 457 g/mol. The third-order valence-corrected chi connectivity index (χ3v) is 5.81. The predicted octanol–water partition coefficient (Wildman–Crippen LogP) is 5.64. The molecule has 0 aliphatic rings. The Labute approximate surface area is 163 Å². The van der Waals surface area contributed by atoms with Crippen LogP contribution in [0.1, 0.15) is 0 Å². The van der Waals surface area contributed by atoms with Crippen LogP contribution < -0.4 is 0 Å². The van der Waals surface area contributed by atoms with Crippen LogP contribution in [-0.4, -0.2) is 24.8 Å². The van der Waals surface area contributed by atoms with Crippen molar-refractivity contribution in [1.82, 2.24) is 24.8 Å². The van der Waals surface area contributed by atoms with Crippen LogP contribution in [0.3, 0.4) is 0 Å². The van der Waals surface area contributed by atoms with Crippen molar-refractivity contribution in [1.29, 1.82) is 0 Å². The van der Waals surface area contributed by atoms with Crippen LogP contribution in [0.4, 0.5) is 0 Å². The number of halogens is 4. The van der Waals surface area contributed by atoms with Crippen LogP contribution in [0.15, 0.2) is 35.1 Å². The number of hydrogen-bond donors (Lipinski definition) is 0. The van der Waals surface area contributed by atoms with E-state index in [1.54, 1.807) is 29.0 Å². The maximum atomic E-state index is 6.29. The first kappa shape index (κ1) is 16.2. The number of hydrogen-bond acceptors (Lipinski definition) is 5. The number of nitrogens with zero attached hydrogens (tertiary/aromatic N) is 5. The third-order valence-electron chi connectivity index (χ3n) is 3.23. The number of benzene rings is 1. The summed E-state index contributed by atoms with van der Waals surface area (Å²) >= 11 is 23.4. The molecule has 4 rings (SSSR count). The summed E-state index contributed by atoms with van der Waals surface area (Å²) in [5, 5.41) is 14.9. The van der Waals surface area contributed by atoms with Gasteiger partial charge >= 0.3 is 0 Å². The van der Waals surface area contributed by atoms with Gasteiger partial charge in [0.15, 0.2) is 5.82 Å². The van der Waals surface area contributed by atoms with E-state index in [0.717, 1.165) is 15.0 Å². The minimum absolute atomic E-state index is 0.350. The van der Waals surface area contributed by atoms with Gasteiger partial charge in [-0.1, -0.05) is 46.1 Å². The molecule has 0 saturated carbocycles. The quantitative estimate of drug-likeness (QED) is 0.363. The Morgan fingerprint density at radius 3 is 2.71 bits per heavy atom. The Kier molecular flexibility index (Phi) is 4.22. The zero-order chi connectivity index (χ0) is 16.8. The Morgan fingerprint density at radius 1 is 1.08 bits per heavy atom. The largest absolute Gasteiger partial charge is 0.264 e. The molecule has 1 aromatic carbocycles. The summed E-state index contributed by atoms with van der Waals surface area (Å²) in [6.07, 6.45) is 3.42. The Balaban J connectivity index is 1.92. The monoisotopic (exact) mass is 459 g/mol. The highest BCUT2D eigenvalue weighted by atomic mass is 79.9. The van der Waals surface area contributed by atoms with Crippen LogP contribution in [0, 0.1) is 0 Å². The first-order valence-electron chi connectivity index (χ1n) is 6.51.